The van der Waals surface area contributed by atoms with Gasteiger partial charge in [-0.2, -0.15) is 0 Å². The van der Waals surface area contributed by atoms with E-state index in [1.165, 1.54) is 70.6 Å². The number of rotatable bonds is 45. The Balaban J connectivity index is 4.18. The summed E-state index contributed by atoms with van der Waals surface area (Å²) < 4.78 is 34.7. The van der Waals surface area contributed by atoms with Gasteiger partial charge in [0, 0.05) is 13.0 Å². The van der Waals surface area contributed by atoms with Crippen molar-refractivity contribution >= 4 is 13.8 Å². The third-order valence-corrected chi connectivity index (χ3v) is 11.1. The minimum atomic E-state index is -4.54. The summed E-state index contributed by atoms with van der Waals surface area (Å²) in [7, 11) is 1.33. The summed E-state index contributed by atoms with van der Waals surface area (Å²) in [5.41, 5.74) is 0. The molecule has 0 rings (SSSR count). The van der Waals surface area contributed by atoms with Crippen LogP contribution in [-0.4, -0.2) is 70.7 Å². The average Bonchev–Trinajstić information content (AvgIpc) is 3.23. The Morgan fingerprint density at radius 2 is 0.935 bits per heavy atom. The number of nitrogens with zero attached hydrogens (tertiary/aromatic N) is 1. The van der Waals surface area contributed by atoms with Crippen LogP contribution < -0.4 is 4.89 Å². The number of phosphoric ester groups is 1. The Morgan fingerprint density at radius 1 is 0.516 bits per heavy atom. The number of ether oxygens (including phenoxy) is 2. The number of likely N-dealkylation sites (N-methyl/N-ethyl adjacent to an activating group) is 1. The molecule has 0 aliphatic rings. The zero-order chi connectivity index (χ0) is 45.5. The lowest BCUT2D eigenvalue weighted by Crippen LogP contribution is -2.37. The molecule has 8 nitrogen and oxygen atoms in total. The number of hydrogen-bond donors (Lipinski definition) is 0. The zero-order valence-electron chi connectivity index (χ0n) is 40.5. The van der Waals surface area contributed by atoms with E-state index in [-0.39, 0.29) is 25.8 Å². The predicted molar refractivity (Wildman–Crippen MR) is 263 cm³/mol. The molecule has 2 atom stereocenters. The highest BCUT2D eigenvalue weighted by Gasteiger charge is 2.20. The van der Waals surface area contributed by atoms with Crippen molar-refractivity contribution in [2.45, 2.75) is 193 Å². The monoisotopic (exact) mass is 888 g/mol. The summed E-state index contributed by atoms with van der Waals surface area (Å²) in [6.07, 6.45) is 60.3. The fourth-order valence-corrected chi connectivity index (χ4v) is 7.10. The number of hydrogen-bond acceptors (Lipinski definition) is 7. The highest BCUT2D eigenvalue weighted by atomic mass is 31.2. The maximum atomic E-state index is 12.7. The zero-order valence-corrected chi connectivity index (χ0v) is 41.4. The van der Waals surface area contributed by atoms with Gasteiger partial charge in [0.05, 0.1) is 34.4 Å². The standard InChI is InChI=1S/C53H94NO7P/c1-6-8-10-12-14-16-18-20-22-23-24-25-26-27-28-29-30-31-32-33-35-37-39-41-43-45-48-58-50-52(51-60-62(56,57)59-49-47-54(3,4)5)61-53(55)46-44-42-40-38-36-34-21-19-17-15-13-11-9-7-2/h8,10,14,16,19-22,24-25,27-28,30-31,52H,6-7,9,11-13,15,17-18,23,26,29,32-51H2,1-5H3/b10-8-,16-14-,21-19-,22-20-,25-24-,28-27-,31-30-. The molecule has 0 aromatic rings. The van der Waals surface area contributed by atoms with Gasteiger partial charge in [-0.05, 0) is 89.9 Å². The van der Waals surface area contributed by atoms with Crippen LogP contribution in [0, 0.1) is 0 Å². The summed E-state index contributed by atoms with van der Waals surface area (Å²) in [6, 6.07) is 0. The van der Waals surface area contributed by atoms with E-state index in [2.05, 4.69) is 98.9 Å². The first-order chi connectivity index (χ1) is 30.1. The third kappa shape index (κ3) is 48.7. The second-order valence-electron chi connectivity index (χ2n) is 17.4. The van der Waals surface area contributed by atoms with Crippen LogP contribution in [0.25, 0.3) is 0 Å². The lowest BCUT2D eigenvalue weighted by Gasteiger charge is -2.28. The van der Waals surface area contributed by atoms with Gasteiger partial charge >= 0.3 is 5.97 Å². The first-order valence-electron chi connectivity index (χ1n) is 24.8. The first-order valence-corrected chi connectivity index (χ1v) is 26.3. The largest absolute Gasteiger partial charge is 0.756 e. The maximum absolute atomic E-state index is 12.7. The summed E-state index contributed by atoms with van der Waals surface area (Å²) in [5, 5.41) is 0. The molecule has 0 fully saturated rings. The van der Waals surface area contributed by atoms with Crippen LogP contribution in [0.1, 0.15) is 187 Å². The Hall–Kier alpha value is -2.32. The van der Waals surface area contributed by atoms with Crippen molar-refractivity contribution in [3.8, 4) is 0 Å². The van der Waals surface area contributed by atoms with E-state index in [0.29, 0.717) is 24.1 Å². The van der Waals surface area contributed by atoms with Crippen LogP contribution >= 0.6 is 7.82 Å². The molecule has 0 heterocycles. The van der Waals surface area contributed by atoms with Crippen LogP contribution in [0.5, 0.6) is 0 Å². The van der Waals surface area contributed by atoms with E-state index in [9.17, 15) is 14.3 Å². The summed E-state index contributed by atoms with van der Waals surface area (Å²) >= 11 is 0. The lowest BCUT2D eigenvalue weighted by atomic mass is 10.1. The summed E-state index contributed by atoms with van der Waals surface area (Å²) in [5.74, 6) is -0.350. The SMILES string of the molecule is CC/C=C\C/C=C\C/C=C\C/C=C\C/C=C\C/C=C\CCCCCCCCCOCC(COP(=O)([O-])OCC[N+](C)(C)C)OC(=O)CCCCCCC/C=C\CCCCCCC. The molecule has 9 heteroatoms. The maximum Gasteiger partial charge on any atom is 0.306 e. The van der Waals surface area contributed by atoms with Crippen molar-refractivity contribution in [1.29, 1.82) is 0 Å². The smallest absolute Gasteiger partial charge is 0.306 e. The van der Waals surface area contributed by atoms with Gasteiger partial charge in [-0.15, -0.1) is 0 Å². The van der Waals surface area contributed by atoms with Crippen LogP contribution in [0.2, 0.25) is 0 Å². The topological polar surface area (TPSA) is 94.1 Å². The van der Waals surface area contributed by atoms with Gasteiger partial charge in [-0.1, -0.05) is 176 Å². The molecule has 0 aromatic heterocycles. The highest BCUT2D eigenvalue weighted by Crippen LogP contribution is 2.38. The van der Waals surface area contributed by atoms with E-state index in [4.69, 9.17) is 18.5 Å². The van der Waals surface area contributed by atoms with E-state index in [0.717, 1.165) is 96.3 Å². The van der Waals surface area contributed by atoms with Crippen LogP contribution in [0.3, 0.4) is 0 Å². The average molecular weight is 888 g/mol. The molecule has 0 aliphatic carbocycles. The van der Waals surface area contributed by atoms with Crippen molar-refractivity contribution in [1.82, 2.24) is 0 Å². The molecular weight excluding hydrogens is 794 g/mol. The minimum Gasteiger partial charge on any atom is -0.756 e. The first kappa shape index (κ1) is 59.7. The van der Waals surface area contributed by atoms with Crippen LogP contribution in [0.4, 0.5) is 0 Å². The van der Waals surface area contributed by atoms with Crippen molar-refractivity contribution in [2.24, 2.45) is 0 Å². The van der Waals surface area contributed by atoms with Crippen molar-refractivity contribution in [3.05, 3.63) is 85.1 Å². The molecule has 62 heavy (non-hydrogen) atoms. The summed E-state index contributed by atoms with van der Waals surface area (Å²) in [6.45, 7) is 5.24. The van der Waals surface area contributed by atoms with Gasteiger partial charge in [-0.25, -0.2) is 0 Å². The highest BCUT2D eigenvalue weighted by molar-refractivity contribution is 7.45. The number of esters is 1. The van der Waals surface area contributed by atoms with Gasteiger partial charge in [0.2, 0.25) is 0 Å². The second kappa shape index (κ2) is 45.3. The molecule has 0 saturated carbocycles. The Labute approximate surface area is 382 Å². The van der Waals surface area contributed by atoms with Crippen molar-refractivity contribution in [3.63, 3.8) is 0 Å². The van der Waals surface area contributed by atoms with Crippen molar-refractivity contribution < 1.29 is 37.3 Å². The minimum absolute atomic E-state index is 0.0180. The molecule has 0 bridgehead atoms. The quantitative estimate of drug-likeness (QED) is 0.0198. The molecule has 0 N–H and O–H groups in total. The van der Waals surface area contributed by atoms with E-state index >= 15 is 0 Å². The Bertz CT molecular complexity index is 1260. The molecule has 0 aromatic carbocycles. The lowest BCUT2D eigenvalue weighted by molar-refractivity contribution is -0.870. The van der Waals surface area contributed by atoms with Gasteiger partial charge in [-0.3, -0.25) is 9.36 Å². The fourth-order valence-electron chi connectivity index (χ4n) is 6.37. The van der Waals surface area contributed by atoms with Gasteiger partial charge in [0.1, 0.15) is 19.3 Å². The van der Waals surface area contributed by atoms with Crippen molar-refractivity contribution in [2.75, 3.05) is 54.1 Å². The van der Waals surface area contributed by atoms with E-state index in [1.54, 1.807) is 0 Å². The number of carbonyl (C=O) groups is 1. The predicted octanol–water partition coefficient (Wildman–Crippen LogP) is 14.6. The molecular formula is C53H94NO7P. The molecule has 2 unspecified atom stereocenters. The Morgan fingerprint density at radius 3 is 1.42 bits per heavy atom. The molecule has 0 radical (unpaired) electrons. The summed E-state index contributed by atoms with van der Waals surface area (Å²) in [4.78, 5) is 25.1. The molecule has 0 saturated heterocycles. The molecule has 0 amide bonds. The van der Waals surface area contributed by atoms with E-state index in [1.807, 2.05) is 21.1 Å². The number of unbranched alkanes of at least 4 members (excludes halogenated alkanes) is 17. The van der Waals surface area contributed by atoms with Gasteiger partial charge in [0.25, 0.3) is 7.82 Å². The number of allylic oxidation sites excluding steroid dienone is 14. The molecule has 358 valence electrons. The fraction of sp³-hybridized carbons (Fsp3) is 0.717. The normalized spacial score (nSPS) is 14.4. The number of quaternary nitrogens is 1. The third-order valence-electron chi connectivity index (χ3n) is 10.2. The number of carbonyl (C=O) groups excluding carboxylic acids is 1. The number of phosphoric acid groups is 1. The van der Waals surface area contributed by atoms with Gasteiger partial charge in [0.15, 0.2) is 0 Å². The van der Waals surface area contributed by atoms with E-state index < -0.39 is 13.9 Å². The molecule has 0 spiro atoms. The van der Waals surface area contributed by atoms with Gasteiger partial charge < -0.3 is 27.9 Å². The van der Waals surface area contributed by atoms with Crippen LogP contribution in [0.15, 0.2) is 85.1 Å². The second-order valence-corrected chi connectivity index (χ2v) is 18.8. The molecule has 0 aliphatic heterocycles. The Kier molecular flexibility index (Phi) is 43.6. The van der Waals surface area contributed by atoms with Crippen LogP contribution in [-0.2, 0) is 27.9 Å².